The van der Waals surface area contributed by atoms with Gasteiger partial charge < -0.3 is 15.7 Å². The highest BCUT2D eigenvalue weighted by Gasteiger charge is 2.09. The number of aliphatic hydroxyl groups excluding tert-OH is 1. The molecule has 0 saturated heterocycles. The average molecular weight is 252 g/mol. The SMILES string of the molecule is CCCNc1cc(NCC(O)C(C)C)nc(C)n1. The number of nitrogens with zero attached hydrogens (tertiary/aromatic N) is 2. The molecule has 18 heavy (non-hydrogen) atoms. The molecule has 0 radical (unpaired) electrons. The molecule has 1 atom stereocenters. The largest absolute Gasteiger partial charge is 0.391 e. The monoisotopic (exact) mass is 252 g/mol. The van der Waals surface area contributed by atoms with Crippen LogP contribution < -0.4 is 10.6 Å². The van der Waals surface area contributed by atoms with Crippen molar-refractivity contribution in [2.75, 3.05) is 23.7 Å². The Kier molecular flexibility index (Phi) is 5.85. The summed E-state index contributed by atoms with van der Waals surface area (Å²) in [6.45, 7) is 9.35. The Morgan fingerprint density at radius 3 is 2.39 bits per heavy atom. The minimum atomic E-state index is -0.368. The molecule has 5 heteroatoms. The summed E-state index contributed by atoms with van der Waals surface area (Å²) in [5, 5.41) is 16.1. The van der Waals surface area contributed by atoms with E-state index in [0.717, 1.165) is 30.4 Å². The van der Waals surface area contributed by atoms with E-state index in [2.05, 4.69) is 27.5 Å². The van der Waals surface area contributed by atoms with Crippen LogP contribution in [-0.4, -0.2) is 34.3 Å². The van der Waals surface area contributed by atoms with Crippen molar-refractivity contribution in [1.29, 1.82) is 0 Å². The van der Waals surface area contributed by atoms with Crippen molar-refractivity contribution in [3.05, 3.63) is 11.9 Å². The summed E-state index contributed by atoms with van der Waals surface area (Å²) in [6.07, 6.45) is 0.685. The molecule has 1 aromatic rings. The second kappa shape index (κ2) is 7.16. The predicted molar refractivity (Wildman–Crippen MR) is 74.9 cm³/mol. The van der Waals surface area contributed by atoms with Gasteiger partial charge in [-0.3, -0.25) is 0 Å². The number of rotatable bonds is 7. The van der Waals surface area contributed by atoms with E-state index >= 15 is 0 Å². The first-order valence-electron chi connectivity index (χ1n) is 6.54. The lowest BCUT2D eigenvalue weighted by atomic mass is 10.1. The number of aliphatic hydroxyl groups is 1. The topological polar surface area (TPSA) is 70.1 Å². The van der Waals surface area contributed by atoms with Crippen LogP contribution in [-0.2, 0) is 0 Å². The van der Waals surface area contributed by atoms with Crippen molar-refractivity contribution < 1.29 is 5.11 Å². The summed E-state index contributed by atoms with van der Waals surface area (Å²) in [5.41, 5.74) is 0. The molecule has 0 spiro atoms. The smallest absolute Gasteiger partial charge is 0.131 e. The summed E-state index contributed by atoms with van der Waals surface area (Å²) >= 11 is 0. The molecular formula is C13H24N4O. The van der Waals surface area contributed by atoms with Gasteiger partial charge in [0.15, 0.2) is 0 Å². The molecule has 0 aliphatic heterocycles. The van der Waals surface area contributed by atoms with Crippen molar-refractivity contribution in [3.63, 3.8) is 0 Å². The highest BCUT2D eigenvalue weighted by molar-refractivity contribution is 5.47. The minimum absolute atomic E-state index is 0.234. The van der Waals surface area contributed by atoms with E-state index < -0.39 is 0 Å². The van der Waals surface area contributed by atoms with E-state index in [4.69, 9.17) is 0 Å². The van der Waals surface area contributed by atoms with E-state index in [1.165, 1.54) is 0 Å². The zero-order valence-electron chi connectivity index (χ0n) is 11.7. The van der Waals surface area contributed by atoms with Crippen molar-refractivity contribution in [2.24, 2.45) is 5.92 Å². The third kappa shape index (κ3) is 4.87. The molecule has 0 aromatic carbocycles. The lowest BCUT2D eigenvalue weighted by Gasteiger charge is -2.16. The molecule has 102 valence electrons. The van der Waals surface area contributed by atoms with Crippen molar-refractivity contribution >= 4 is 11.6 Å². The average Bonchev–Trinajstić information content (AvgIpc) is 2.32. The van der Waals surface area contributed by atoms with E-state index in [0.29, 0.717) is 6.54 Å². The van der Waals surface area contributed by atoms with Gasteiger partial charge in [-0.25, -0.2) is 9.97 Å². The van der Waals surface area contributed by atoms with E-state index in [9.17, 15) is 5.11 Å². The zero-order valence-corrected chi connectivity index (χ0v) is 11.7. The summed E-state index contributed by atoms with van der Waals surface area (Å²) in [7, 11) is 0. The summed E-state index contributed by atoms with van der Waals surface area (Å²) in [5.74, 6) is 2.53. The van der Waals surface area contributed by atoms with E-state index in [1.54, 1.807) is 0 Å². The van der Waals surface area contributed by atoms with Crippen LogP contribution in [0.5, 0.6) is 0 Å². The maximum atomic E-state index is 9.75. The molecule has 0 fully saturated rings. The Morgan fingerprint density at radius 1 is 1.22 bits per heavy atom. The van der Waals surface area contributed by atoms with Gasteiger partial charge in [0.05, 0.1) is 6.10 Å². The maximum absolute atomic E-state index is 9.75. The van der Waals surface area contributed by atoms with Gasteiger partial charge in [-0.1, -0.05) is 20.8 Å². The van der Waals surface area contributed by atoms with Crippen molar-refractivity contribution in [2.45, 2.75) is 40.2 Å². The van der Waals surface area contributed by atoms with Crippen LogP contribution in [0.25, 0.3) is 0 Å². The molecule has 3 N–H and O–H groups in total. The highest BCUT2D eigenvalue weighted by atomic mass is 16.3. The van der Waals surface area contributed by atoms with Gasteiger partial charge in [-0.2, -0.15) is 0 Å². The fourth-order valence-corrected chi connectivity index (χ4v) is 1.45. The molecule has 0 amide bonds. The quantitative estimate of drug-likeness (QED) is 0.692. The van der Waals surface area contributed by atoms with Gasteiger partial charge in [0.2, 0.25) is 0 Å². The molecule has 0 aliphatic carbocycles. The van der Waals surface area contributed by atoms with Gasteiger partial charge in [0.1, 0.15) is 17.5 Å². The Morgan fingerprint density at radius 2 is 1.83 bits per heavy atom. The van der Waals surface area contributed by atoms with Crippen LogP contribution in [0.1, 0.15) is 33.0 Å². The lowest BCUT2D eigenvalue weighted by molar-refractivity contribution is 0.138. The van der Waals surface area contributed by atoms with Crippen LogP contribution in [0.3, 0.4) is 0 Å². The Labute approximate surface area is 109 Å². The van der Waals surface area contributed by atoms with Crippen LogP contribution in [0.15, 0.2) is 6.07 Å². The van der Waals surface area contributed by atoms with Crippen molar-refractivity contribution in [1.82, 2.24) is 9.97 Å². The Balaban J connectivity index is 2.62. The van der Waals surface area contributed by atoms with Gasteiger partial charge in [-0.05, 0) is 19.3 Å². The zero-order chi connectivity index (χ0) is 13.5. The van der Waals surface area contributed by atoms with Gasteiger partial charge in [-0.15, -0.1) is 0 Å². The highest BCUT2D eigenvalue weighted by Crippen LogP contribution is 2.12. The van der Waals surface area contributed by atoms with Crippen LogP contribution in [0.2, 0.25) is 0 Å². The number of aromatic nitrogens is 2. The fourth-order valence-electron chi connectivity index (χ4n) is 1.45. The fraction of sp³-hybridized carbons (Fsp3) is 0.692. The Bertz CT molecular complexity index is 368. The standard InChI is InChI=1S/C13H24N4O/c1-5-6-14-12-7-13(17-10(4)16-12)15-8-11(18)9(2)3/h7,9,11,18H,5-6,8H2,1-4H3,(H2,14,15,16,17). The number of aryl methyl sites for hydroxylation is 1. The molecule has 0 aliphatic rings. The van der Waals surface area contributed by atoms with Crippen molar-refractivity contribution in [3.8, 4) is 0 Å². The summed E-state index contributed by atoms with van der Waals surface area (Å²) in [4.78, 5) is 8.61. The minimum Gasteiger partial charge on any atom is -0.391 e. The summed E-state index contributed by atoms with van der Waals surface area (Å²) < 4.78 is 0. The number of anilines is 2. The normalized spacial score (nSPS) is 12.6. The molecule has 0 bridgehead atoms. The molecular weight excluding hydrogens is 228 g/mol. The van der Waals surface area contributed by atoms with Crippen LogP contribution in [0.4, 0.5) is 11.6 Å². The first-order valence-corrected chi connectivity index (χ1v) is 6.54. The first-order chi connectivity index (χ1) is 8.52. The molecule has 5 nitrogen and oxygen atoms in total. The molecule has 1 heterocycles. The molecule has 1 aromatic heterocycles. The second-order valence-electron chi connectivity index (χ2n) is 4.80. The third-order valence-corrected chi connectivity index (χ3v) is 2.66. The van der Waals surface area contributed by atoms with Crippen LogP contribution >= 0.6 is 0 Å². The maximum Gasteiger partial charge on any atom is 0.131 e. The number of hydrogen-bond donors (Lipinski definition) is 3. The van der Waals surface area contributed by atoms with Gasteiger partial charge in [0.25, 0.3) is 0 Å². The predicted octanol–water partition coefficient (Wildman–Crippen LogP) is 2.04. The van der Waals surface area contributed by atoms with E-state index in [1.807, 2.05) is 26.8 Å². The van der Waals surface area contributed by atoms with Gasteiger partial charge >= 0.3 is 0 Å². The van der Waals surface area contributed by atoms with Gasteiger partial charge in [0, 0.05) is 19.2 Å². The molecule has 1 rings (SSSR count). The number of hydrogen-bond acceptors (Lipinski definition) is 5. The molecule has 1 unspecified atom stereocenters. The second-order valence-corrected chi connectivity index (χ2v) is 4.80. The van der Waals surface area contributed by atoms with E-state index in [-0.39, 0.29) is 12.0 Å². The first kappa shape index (κ1) is 14.7. The molecule has 0 saturated carbocycles. The Hall–Kier alpha value is -1.36. The lowest BCUT2D eigenvalue weighted by Crippen LogP contribution is -2.25. The summed E-state index contributed by atoms with van der Waals surface area (Å²) in [6, 6.07) is 1.87. The van der Waals surface area contributed by atoms with Crippen LogP contribution in [0, 0.1) is 12.8 Å². The number of nitrogens with one attached hydrogen (secondary N) is 2. The third-order valence-electron chi connectivity index (χ3n) is 2.66.